The van der Waals surface area contributed by atoms with Crippen LogP contribution in [0.3, 0.4) is 0 Å². The van der Waals surface area contributed by atoms with E-state index in [1.54, 1.807) is 19.4 Å². The summed E-state index contributed by atoms with van der Waals surface area (Å²) in [6, 6.07) is 7.77. The maximum atomic E-state index is 5.11. The number of hydrogen-bond donors (Lipinski definition) is 1. The topological polar surface area (TPSA) is 64.9 Å². The molecule has 2 heterocycles. The highest BCUT2D eigenvalue weighted by molar-refractivity contribution is 5.81. The molecule has 0 atom stereocenters. The Morgan fingerprint density at radius 3 is 2.61 bits per heavy atom. The predicted molar refractivity (Wildman–Crippen MR) is 91.3 cm³/mol. The third-order valence-electron chi connectivity index (χ3n) is 3.65. The summed E-state index contributed by atoms with van der Waals surface area (Å²) in [4.78, 5) is 13.2. The van der Waals surface area contributed by atoms with E-state index in [1.807, 2.05) is 19.2 Å². The fourth-order valence-corrected chi connectivity index (χ4v) is 2.59. The van der Waals surface area contributed by atoms with Crippen molar-refractivity contribution in [1.82, 2.24) is 19.5 Å². The Hall–Kier alpha value is -2.63. The van der Waals surface area contributed by atoms with E-state index in [-0.39, 0.29) is 5.41 Å². The van der Waals surface area contributed by atoms with Crippen LogP contribution < -0.4 is 10.1 Å². The molecule has 6 nitrogen and oxygen atoms in total. The van der Waals surface area contributed by atoms with Gasteiger partial charge < -0.3 is 14.6 Å². The Balaban J connectivity index is 1.97. The number of nitrogens with one attached hydrogen (secondary N) is 1. The molecular formula is C17H21N5O. The van der Waals surface area contributed by atoms with Gasteiger partial charge in [0.1, 0.15) is 5.82 Å². The molecule has 0 aliphatic heterocycles. The average molecular weight is 311 g/mol. The normalized spacial score (nSPS) is 11.7. The summed E-state index contributed by atoms with van der Waals surface area (Å²) in [5, 5.41) is 3.19. The van der Waals surface area contributed by atoms with Gasteiger partial charge in [-0.3, -0.25) is 0 Å². The lowest BCUT2D eigenvalue weighted by Crippen LogP contribution is -2.17. The fraction of sp³-hybridized carbons (Fsp3) is 0.353. The molecule has 0 saturated carbocycles. The Bertz CT molecular complexity index is 848. The third kappa shape index (κ3) is 2.97. The fourth-order valence-electron chi connectivity index (χ4n) is 2.59. The number of ether oxygens (including phenoxy) is 1. The molecule has 0 saturated heterocycles. The van der Waals surface area contributed by atoms with Crippen molar-refractivity contribution in [1.29, 1.82) is 0 Å². The minimum atomic E-state index is -0.00271. The molecular weight excluding hydrogens is 290 g/mol. The van der Waals surface area contributed by atoms with Crippen LogP contribution in [0.4, 0.5) is 11.6 Å². The largest absolute Gasteiger partial charge is 0.481 e. The lowest BCUT2D eigenvalue weighted by atomic mass is 9.96. The van der Waals surface area contributed by atoms with Gasteiger partial charge in [0.15, 0.2) is 0 Å². The molecule has 0 aliphatic carbocycles. The number of rotatable bonds is 3. The molecule has 0 bridgehead atoms. The Morgan fingerprint density at radius 1 is 1.13 bits per heavy atom. The first-order valence-electron chi connectivity index (χ1n) is 7.49. The molecule has 0 fully saturated rings. The van der Waals surface area contributed by atoms with Gasteiger partial charge in [0.05, 0.1) is 18.1 Å². The third-order valence-corrected chi connectivity index (χ3v) is 3.65. The van der Waals surface area contributed by atoms with Crippen molar-refractivity contribution < 1.29 is 4.74 Å². The Kier molecular flexibility index (Phi) is 3.67. The van der Waals surface area contributed by atoms with Gasteiger partial charge >= 0.3 is 0 Å². The number of aryl methyl sites for hydroxylation is 1. The van der Waals surface area contributed by atoms with Crippen LogP contribution in [0.1, 0.15) is 26.6 Å². The summed E-state index contributed by atoms with van der Waals surface area (Å²) >= 11 is 0. The Labute approximate surface area is 135 Å². The van der Waals surface area contributed by atoms with Gasteiger partial charge in [0.2, 0.25) is 11.8 Å². The SMILES string of the molecule is COc1ccnc(Nc2ccc3c(c2)nc(C(C)(C)C)n3C)n1. The summed E-state index contributed by atoms with van der Waals surface area (Å²) in [5.41, 5.74) is 2.94. The summed E-state index contributed by atoms with van der Waals surface area (Å²) in [7, 11) is 3.63. The van der Waals surface area contributed by atoms with Crippen LogP contribution in [0.25, 0.3) is 11.0 Å². The number of aromatic nitrogens is 4. The average Bonchev–Trinajstić information content (AvgIpc) is 2.84. The van der Waals surface area contributed by atoms with Crippen molar-refractivity contribution in [2.45, 2.75) is 26.2 Å². The number of benzene rings is 1. The van der Waals surface area contributed by atoms with Crippen LogP contribution in [0.5, 0.6) is 5.88 Å². The monoisotopic (exact) mass is 311 g/mol. The first-order chi connectivity index (χ1) is 10.9. The number of nitrogens with zero attached hydrogens (tertiary/aromatic N) is 4. The van der Waals surface area contributed by atoms with Gasteiger partial charge in [-0.1, -0.05) is 20.8 Å². The summed E-state index contributed by atoms with van der Waals surface area (Å²) in [6.07, 6.45) is 1.66. The number of anilines is 2. The van der Waals surface area contributed by atoms with Gasteiger partial charge in [-0.15, -0.1) is 0 Å². The molecule has 0 spiro atoms. The van der Waals surface area contributed by atoms with Crippen molar-refractivity contribution in [3.05, 3.63) is 36.3 Å². The molecule has 1 aromatic carbocycles. The minimum absolute atomic E-state index is 0.00271. The van der Waals surface area contributed by atoms with E-state index in [0.717, 1.165) is 22.5 Å². The van der Waals surface area contributed by atoms with E-state index in [9.17, 15) is 0 Å². The van der Waals surface area contributed by atoms with Crippen LogP contribution in [-0.2, 0) is 12.5 Å². The maximum absolute atomic E-state index is 5.11. The van der Waals surface area contributed by atoms with Crippen molar-refractivity contribution in [2.75, 3.05) is 12.4 Å². The van der Waals surface area contributed by atoms with Crippen molar-refractivity contribution in [3.8, 4) is 5.88 Å². The van der Waals surface area contributed by atoms with Crippen molar-refractivity contribution in [2.24, 2.45) is 7.05 Å². The first-order valence-corrected chi connectivity index (χ1v) is 7.49. The zero-order chi connectivity index (χ0) is 16.6. The summed E-state index contributed by atoms with van der Waals surface area (Å²) in [6.45, 7) is 6.49. The number of imidazole rings is 1. The van der Waals surface area contributed by atoms with Gasteiger partial charge in [-0.25, -0.2) is 9.97 Å². The predicted octanol–water partition coefficient (Wildman–Crippen LogP) is 3.41. The molecule has 1 N–H and O–H groups in total. The zero-order valence-corrected chi connectivity index (χ0v) is 14.1. The highest BCUT2D eigenvalue weighted by atomic mass is 16.5. The highest BCUT2D eigenvalue weighted by Gasteiger charge is 2.21. The van der Waals surface area contributed by atoms with Crippen LogP contribution in [0, 0.1) is 0 Å². The molecule has 3 rings (SSSR count). The van der Waals surface area contributed by atoms with E-state index < -0.39 is 0 Å². The van der Waals surface area contributed by atoms with E-state index in [4.69, 9.17) is 9.72 Å². The number of methoxy groups -OCH3 is 1. The Morgan fingerprint density at radius 2 is 1.91 bits per heavy atom. The van der Waals surface area contributed by atoms with E-state index in [1.165, 1.54) is 0 Å². The molecule has 120 valence electrons. The smallest absolute Gasteiger partial charge is 0.230 e. The molecule has 6 heteroatoms. The molecule has 2 aromatic heterocycles. The van der Waals surface area contributed by atoms with Gasteiger partial charge in [0, 0.05) is 30.4 Å². The maximum Gasteiger partial charge on any atom is 0.230 e. The zero-order valence-electron chi connectivity index (χ0n) is 14.1. The van der Waals surface area contributed by atoms with Crippen LogP contribution >= 0.6 is 0 Å². The van der Waals surface area contributed by atoms with Crippen molar-refractivity contribution in [3.63, 3.8) is 0 Å². The molecule has 3 aromatic rings. The van der Waals surface area contributed by atoms with Gasteiger partial charge in [-0.2, -0.15) is 4.98 Å². The van der Waals surface area contributed by atoms with Gasteiger partial charge in [-0.05, 0) is 18.2 Å². The van der Waals surface area contributed by atoms with E-state index in [0.29, 0.717) is 11.8 Å². The lowest BCUT2D eigenvalue weighted by molar-refractivity contribution is 0.397. The molecule has 0 amide bonds. The first kappa shape index (κ1) is 15.3. The number of hydrogen-bond acceptors (Lipinski definition) is 5. The summed E-state index contributed by atoms with van der Waals surface area (Å²) < 4.78 is 7.25. The van der Waals surface area contributed by atoms with Gasteiger partial charge in [0.25, 0.3) is 0 Å². The molecule has 0 aliphatic rings. The van der Waals surface area contributed by atoms with E-state index >= 15 is 0 Å². The van der Waals surface area contributed by atoms with E-state index in [2.05, 4.69) is 46.7 Å². The molecule has 23 heavy (non-hydrogen) atoms. The van der Waals surface area contributed by atoms with Crippen molar-refractivity contribution >= 4 is 22.7 Å². The number of fused-ring (bicyclic) bond motifs is 1. The second kappa shape index (κ2) is 5.53. The van der Waals surface area contributed by atoms with Crippen LogP contribution in [-0.4, -0.2) is 26.6 Å². The highest BCUT2D eigenvalue weighted by Crippen LogP contribution is 2.27. The standard InChI is InChI=1S/C17H21N5O/c1-17(2,3)15-20-12-10-11(6-7-13(12)22(15)4)19-16-18-9-8-14(21-16)23-5/h6-10H,1-5H3,(H,18,19,21). The lowest BCUT2D eigenvalue weighted by Gasteiger charge is -2.17. The van der Waals surface area contributed by atoms with Crippen LogP contribution in [0.2, 0.25) is 0 Å². The molecule has 0 radical (unpaired) electrons. The second-order valence-electron chi connectivity index (χ2n) is 6.50. The second-order valence-corrected chi connectivity index (χ2v) is 6.50. The molecule has 0 unspecified atom stereocenters. The summed E-state index contributed by atoms with van der Waals surface area (Å²) in [5.74, 6) is 2.08. The quantitative estimate of drug-likeness (QED) is 0.803. The minimum Gasteiger partial charge on any atom is -0.481 e. The van der Waals surface area contributed by atoms with Crippen LogP contribution in [0.15, 0.2) is 30.5 Å².